The van der Waals surface area contributed by atoms with Crippen molar-refractivity contribution in [3.8, 4) is 34.3 Å². The first kappa shape index (κ1) is 92.6. The molecule has 1 aliphatic carbocycles. The second kappa shape index (κ2) is 44.0. The molecule has 0 spiro atoms. The van der Waals surface area contributed by atoms with Crippen LogP contribution in [-0.2, 0) is 81.6 Å². The lowest BCUT2D eigenvalue weighted by atomic mass is 9.78. The Kier molecular flexibility index (Phi) is 34.8. The standard InChI is InChI=1S/C78H99N11O26S2/c1-77(2,42-81-60(90)21-19-50(71(101)102)86-75(108)87-51(72(103)104)20-22-61(91)92)23-24-78(3,4)74(107)85-53(34-44-17-12-9-13-18-44)68(98)83-52(33-43-15-10-8-11-16-43)67(97)80-40-49(79)66(96)82-54(39-62(93)94)69(99)84-55(73(105)106)41-117-116-32-31-114-76(109)115-59-37-47-46(36-58(59)112-7)64-63(65(47)95)45-35-56(110-5)57(111-6)38-48(45)70(100)89(64)26-14-25-88-27-29-113-30-28-88/h8-13,15-18,35-38,49-55H,14,19-34,39-42,79H2,1-7H3,(H,80,97)(H,81,90)(H,82,96)(H,83,98)(H,84,99)(H,85,107)(H,91,92)(H,93,94)(H,101,102)(H,103,104)(H,105,106)(H2,86,87,108)/t49-,50-,51-,52-,53-,54-,55-/m0/s1. The quantitative estimate of drug-likeness (QED) is 0.0113. The van der Waals surface area contributed by atoms with E-state index in [-0.39, 0.29) is 102 Å². The molecule has 0 saturated carbocycles. The van der Waals surface area contributed by atoms with Gasteiger partial charge in [0.1, 0.15) is 48.9 Å². The third kappa shape index (κ3) is 27.6. The highest BCUT2D eigenvalue weighted by atomic mass is 33.1. The van der Waals surface area contributed by atoms with Gasteiger partial charge in [-0.3, -0.25) is 52.8 Å². The van der Waals surface area contributed by atoms with Crippen LogP contribution in [0.1, 0.15) is 106 Å². The molecule has 37 nitrogen and oxygen atoms in total. The number of fused-ring (bicyclic) bond motifs is 5. The van der Waals surface area contributed by atoms with Crippen LogP contribution in [0.3, 0.4) is 0 Å². The number of carbonyl (C=O) groups excluding carboxylic acids is 9. The molecular formula is C78H99N11O26S2. The van der Waals surface area contributed by atoms with Crippen LogP contribution in [0.2, 0.25) is 0 Å². The molecule has 1 saturated heterocycles. The summed E-state index contributed by atoms with van der Waals surface area (Å²) in [6.07, 6.45) is -3.21. The van der Waals surface area contributed by atoms with Crippen molar-refractivity contribution in [3.05, 3.63) is 118 Å². The van der Waals surface area contributed by atoms with E-state index < -0.39 is 169 Å². The van der Waals surface area contributed by atoms with E-state index in [1.165, 1.54) is 39.5 Å². The number of amides is 8. The van der Waals surface area contributed by atoms with Gasteiger partial charge >= 0.3 is 42.0 Å². The van der Waals surface area contributed by atoms with Gasteiger partial charge in [0.05, 0.1) is 57.6 Å². The van der Waals surface area contributed by atoms with Crippen molar-refractivity contribution >= 4 is 116 Å². The van der Waals surface area contributed by atoms with Crippen molar-refractivity contribution in [2.75, 3.05) is 85.4 Å². The topological polar surface area (TPSA) is 543 Å². The summed E-state index contributed by atoms with van der Waals surface area (Å²) in [5.41, 5.74) is 6.22. The van der Waals surface area contributed by atoms with Gasteiger partial charge in [-0.25, -0.2) is 24.0 Å². The van der Waals surface area contributed by atoms with Crippen molar-refractivity contribution in [2.24, 2.45) is 16.6 Å². The molecule has 1 aliphatic heterocycles. The molecule has 2 heterocycles. The van der Waals surface area contributed by atoms with Crippen LogP contribution >= 0.6 is 21.6 Å². The van der Waals surface area contributed by atoms with Gasteiger partial charge in [0, 0.05) is 98.4 Å². The maximum absolute atomic E-state index is 14.6. The number of aromatic nitrogens is 1. The SMILES string of the molecule is COc1cc2c3c(n(CCCN4CCOCC4)c(=O)c2cc1OC)-c1cc(OC)c(OC(=O)OCCSSC[C@H](NC(=O)[C@H](CC(=O)O)NC(=O)[C@@H](N)CNC(=O)[C@H](Cc2ccccc2)NC(=O)[C@H](Cc2ccccc2)NC(=O)C(C)(C)CCC(C)(C)CNC(=O)CC[C@H](NC(=O)N[C@@H](CCC(=O)O)C(=O)O)C(=O)O)C(=O)O)cc1C3=O. The Bertz CT molecular complexity index is 4510. The lowest BCUT2D eigenvalue weighted by Gasteiger charge is -2.32. The number of morpholine rings is 1. The van der Waals surface area contributed by atoms with Crippen LogP contribution in [0.5, 0.6) is 23.0 Å². The third-order valence-electron chi connectivity index (χ3n) is 19.3. The summed E-state index contributed by atoms with van der Waals surface area (Å²) in [4.78, 5) is 199. The Morgan fingerprint density at radius 2 is 1.11 bits per heavy atom. The highest BCUT2D eigenvalue weighted by Crippen LogP contribution is 2.46. The van der Waals surface area contributed by atoms with Crippen molar-refractivity contribution in [1.29, 1.82) is 0 Å². The zero-order valence-corrected chi connectivity index (χ0v) is 67.2. The molecule has 8 amide bonds. The predicted octanol–water partition coefficient (Wildman–Crippen LogP) is 3.08. The second-order valence-electron chi connectivity index (χ2n) is 29.0. The number of hydrogen-bond acceptors (Lipinski definition) is 25. The van der Waals surface area contributed by atoms with E-state index in [0.717, 1.165) is 34.7 Å². The molecular weight excluding hydrogens is 1570 g/mol. The number of carboxylic acids is 5. The first-order chi connectivity index (χ1) is 55.5. The van der Waals surface area contributed by atoms with Crippen molar-refractivity contribution < 1.29 is 121 Å². The van der Waals surface area contributed by atoms with Gasteiger partial charge in [-0.05, 0) is 72.9 Å². The number of ether oxygens (including phenoxy) is 6. The Morgan fingerprint density at radius 3 is 1.68 bits per heavy atom. The number of benzene rings is 4. The summed E-state index contributed by atoms with van der Waals surface area (Å²) in [5, 5.41) is 67.8. The summed E-state index contributed by atoms with van der Waals surface area (Å²) < 4.78 is 34.6. The van der Waals surface area contributed by atoms with Gasteiger partial charge in [-0.15, -0.1) is 0 Å². The number of carboxylic acid groups (broad SMARTS) is 5. The number of nitrogens with two attached hydrogens (primary N) is 1. The Morgan fingerprint density at radius 1 is 0.573 bits per heavy atom. The van der Waals surface area contributed by atoms with E-state index in [2.05, 4.69) is 42.1 Å². The molecule has 5 aromatic rings. The van der Waals surface area contributed by atoms with Crippen LogP contribution in [-0.4, -0.2) is 246 Å². The Labute approximate surface area is 680 Å². The van der Waals surface area contributed by atoms with E-state index in [4.69, 9.17) is 39.3 Å². The monoisotopic (exact) mass is 1670 g/mol. The van der Waals surface area contributed by atoms with E-state index in [0.29, 0.717) is 60.4 Å². The van der Waals surface area contributed by atoms with E-state index in [1.807, 2.05) is 5.32 Å². The molecule has 2 aliphatic rings. The van der Waals surface area contributed by atoms with Crippen LogP contribution in [0, 0.1) is 10.8 Å². The zero-order valence-electron chi connectivity index (χ0n) is 65.6. The zero-order chi connectivity index (χ0) is 85.8. The lowest BCUT2D eigenvalue weighted by Crippen LogP contribution is -2.59. The minimum absolute atomic E-state index is 0.0267. The number of aliphatic carboxylic acids is 5. The largest absolute Gasteiger partial charge is 0.514 e. The second-order valence-corrected chi connectivity index (χ2v) is 31.6. The fourth-order valence-corrected chi connectivity index (χ4v) is 14.5. The van der Waals surface area contributed by atoms with Crippen molar-refractivity contribution in [1.82, 2.24) is 52.0 Å². The number of ketones is 1. The van der Waals surface area contributed by atoms with E-state index in [9.17, 15) is 92.3 Å². The normalized spacial score (nSPS) is 14.3. The Balaban J connectivity index is 0.904. The van der Waals surface area contributed by atoms with Crippen LogP contribution in [0.15, 0.2) is 89.7 Å². The van der Waals surface area contributed by atoms with E-state index in [1.54, 1.807) is 99.0 Å². The van der Waals surface area contributed by atoms with Gasteiger partial charge in [-0.1, -0.05) is 110 Å². The smallest absolute Gasteiger partial charge is 0.493 e. The first-order valence-electron chi connectivity index (χ1n) is 37.3. The number of methoxy groups -OCH3 is 3. The lowest BCUT2D eigenvalue weighted by molar-refractivity contribution is -0.143. The average Bonchev–Trinajstić information content (AvgIpc) is 1.56. The van der Waals surface area contributed by atoms with E-state index >= 15 is 0 Å². The number of nitrogens with one attached hydrogen (secondary N) is 8. The molecule has 4 aromatic carbocycles. The summed E-state index contributed by atoms with van der Waals surface area (Å²) >= 11 is 0. The van der Waals surface area contributed by atoms with Gasteiger partial charge < -0.3 is 107 Å². The number of hydrogen-bond donors (Lipinski definition) is 14. The molecule has 0 unspecified atom stereocenters. The molecule has 117 heavy (non-hydrogen) atoms. The first-order valence-corrected chi connectivity index (χ1v) is 39.8. The number of carbonyl (C=O) groups is 14. The van der Waals surface area contributed by atoms with Gasteiger partial charge in [-0.2, -0.15) is 0 Å². The number of rotatable bonds is 47. The van der Waals surface area contributed by atoms with Crippen molar-refractivity contribution in [2.45, 2.75) is 141 Å². The summed E-state index contributed by atoms with van der Waals surface area (Å²) in [6, 6.07) is 10.6. The maximum atomic E-state index is 14.6. The van der Waals surface area contributed by atoms with Gasteiger partial charge in [0.15, 0.2) is 28.8 Å². The molecule has 15 N–H and O–H groups in total. The predicted molar refractivity (Wildman–Crippen MR) is 425 cm³/mol. The molecule has 7 atom stereocenters. The Hall–Kier alpha value is -11.5. The number of pyridine rings is 1. The molecule has 1 fully saturated rings. The van der Waals surface area contributed by atoms with Gasteiger partial charge in [0.2, 0.25) is 35.4 Å². The fraction of sp³-hybridized carbons (Fsp3) is 0.474. The molecule has 0 bridgehead atoms. The van der Waals surface area contributed by atoms with Crippen LogP contribution < -0.4 is 72.8 Å². The summed E-state index contributed by atoms with van der Waals surface area (Å²) in [5.74, 6) is -13.0. The van der Waals surface area contributed by atoms with Crippen molar-refractivity contribution in [3.63, 3.8) is 0 Å². The minimum Gasteiger partial charge on any atom is -0.493 e. The fourth-order valence-electron chi connectivity index (χ4n) is 12.5. The maximum Gasteiger partial charge on any atom is 0.514 e. The molecule has 1 aromatic heterocycles. The number of nitrogens with zero attached hydrogens (tertiary/aromatic N) is 2. The van der Waals surface area contributed by atoms with Crippen LogP contribution in [0.25, 0.3) is 22.0 Å². The number of urea groups is 1. The highest BCUT2D eigenvalue weighted by molar-refractivity contribution is 8.76. The van der Waals surface area contributed by atoms with Gasteiger partial charge in [0.25, 0.3) is 5.56 Å². The molecule has 39 heteroatoms. The summed E-state index contributed by atoms with van der Waals surface area (Å²) in [6.45, 7) is 9.55. The minimum atomic E-state index is -1.90. The average molecular weight is 1670 g/mol. The highest BCUT2D eigenvalue weighted by Gasteiger charge is 2.39. The third-order valence-corrected chi connectivity index (χ3v) is 21.6. The van der Waals surface area contributed by atoms with Crippen LogP contribution in [0.4, 0.5) is 9.59 Å². The summed E-state index contributed by atoms with van der Waals surface area (Å²) in [7, 11) is 6.13. The molecule has 7 rings (SSSR count). The molecule has 0 radical (unpaired) electrons. The molecule has 634 valence electrons.